The highest BCUT2D eigenvalue weighted by atomic mass is 32.1. The third-order valence-corrected chi connectivity index (χ3v) is 7.53. The Balaban J connectivity index is 1.60. The molecule has 0 bridgehead atoms. The molecule has 0 aliphatic carbocycles. The van der Waals surface area contributed by atoms with Gasteiger partial charge in [-0.2, -0.15) is 0 Å². The molecular weight excluding hydrogens is 500 g/mol. The minimum absolute atomic E-state index is 0.153. The second-order valence-corrected chi connectivity index (χ2v) is 9.89. The van der Waals surface area contributed by atoms with Gasteiger partial charge in [-0.3, -0.25) is 9.36 Å². The molecule has 1 N–H and O–H groups in total. The fourth-order valence-electron chi connectivity index (χ4n) is 4.03. The average Bonchev–Trinajstić information content (AvgIpc) is 3.60. The van der Waals surface area contributed by atoms with E-state index in [1.165, 1.54) is 39.4 Å². The molecule has 0 radical (unpaired) electrons. The van der Waals surface area contributed by atoms with Crippen LogP contribution in [-0.4, -0.2) is 28.2 Å². The number of fused-ring (bicyclic) bond motifs is 1. The standard InChI is InChI=1S/C26H20N2O6S2/c1-3-33-25(32)21-14(2)27-26-28(22(21)19-8-5-11-35-19)23(29)20(36-26)13-17-9-10-18(34-17)15-6-4-7-16(12-15)24(30)31/h4-13,22H,3H2,1-2H3,(H,30,31)/b20-13-/t22-/m0/s1. The summed E-state index contributed by atoms with van der Waals surface area (Å²) in [5.41, 5.74) is 1.33. The number of thiophene rings is 1. The molecule has 1 aromatic carbocycles. The van der Waals surface area contributed by atoms with E-state index in [2.05, 4.69) is 4.99 Å². The van der Waals surface area contributed by atoms with Gasteiger partial charge in [-0.1, -0.05) is 29.5 Å². The van der Waals surface area contributed by atoms with E-state index >= 15 is 0 Å². The Morgan fingerprint density at radius 3 is 2.78 bits per heavy atom. The normalized spacial score (nSPS) is 15.5. The largest absolute Gasteiger partial charge is 0.478 e. The van der Waals surface area contributed by atoms with Crippen molar-refractivity contribution in [1.29, 1.82) is 0 Å². The lowest BCUT2D eigenvalue weighted by Crippen LogP contribution is -2.39. The zero-order chi connectivity index (χ0) is 25.4. The number of furan rings is 1. The number of aromatic nitrogens is 1. The maximum atomic E-state index is 13.6. The number of rotatable bonds is 6. The summed E-state index contributed by atoms with van der Waals surface area (Å²) in [4.78, 5) is 43.5. The van der Waals surface area contributed by atoms with Gasteiger partial charge in [0.1, 0.15) is 17.6 Å². The van der Waals surface area contributed by atoms with Gasteiger partial charge in [-0.05, 0) is 49.6 Å². The number of aromatic carboxylic acids is 1. The number of esters is 1. The van der Waals surface area contributed by atoms with Gasteiger partial charge >= 0.3 is 11.9 Å². The van der Waals surface area contributed by atoms with E-state index in [0.29, 0.717) is 37.7 Å². The van der Waals surface area contributed by atoms with Gasteiger partial charge in [0.25, 0.3) is 5.56 Å². The summed E-state index contributed by atoms with van der Waals surface area (Å²) < 4.78 is 13.1. The molecular formula is C26H20N2O6S2. The molecule has 0 unspecified atom stereocenters. The van der Waals surface area contributed by atoms with Crippen LogP contribution in [0.5, 0.6) is 0 Å². The fraction of sp³-hybridized carbons (Fsp3) is 0.154. The summed E-state index contributed by atoms with van der Waals surface area (Å²) in [5, 5.41) is 11.1. The number of hydrogen-bond donors (Lipinski definition) is 1. The summed E-state index contributed by atoms with van der Waals surface area (Å²) in [6.07, 6.45) is 1.63. The first-order valence-corrected chi connectivity index (χ1v) is 12.7. The van der Waals surface area contributed by atoms with E-state index in [4.69, 9.17) is 9.15 Å². The van der Waals surface area contributed by atoms with Gasteiger partial charge in [0.05, 0.1) is 28.0 Å². The molecule has 0 fully saturated rings. The van der Waals surface area contributed by atoms with Crippen LogP contribution in [0.3, 0.4) is 0 Å². The van der Waals surface area contributed by atoms with Crippen LogP contribution in [-0.2, 0) is 9.53 Å². The number of benzene rings is 1. The minimum Gasteiger partial charge on any atom is -0.478 e. The van der Waals surface area contributed by atoms with Gasteiger partial charge in [-0.15, -0.1) is 11.3 Å². The van der Waals surface area contributed by atoms with E-state index in [1.54, 1.807) is 44.2 Å². The highest BCUT2D eigenvalue weighted by Crippen LogP contribution is 2.33. The number of nitrogens with zero attached hydrogens (tertiary/aromatic N) is 2. The topological polar surface area (TPSA) is 111 Å². The van der Waals surface area contributed by atoms with Crippen molar-refractivity contribution in [1.82, 2.24) is 4.57 Å². The van der Waals surface area contributed by atoms with Crippen molar-refractivity contribution in [3.8, 4) is 11.3 Å². The number of allylic oxidation sites excluding steroid dienone is 1. The van der Waals surface area contributed by atoms with Crippen LogP contribution in [0.15, 0.2) is 79.4 Å². The van der Waals surface area contributed by atoms with Crippen molar-refractivity contribution < 1.29 is 23.8 Å². The molecule has 0 saturated heterocycles. The molecule has 10 heteroatoms. The van der Waals surface area contributed by atoms with E-state index in [9.17, 15) is 19.5 Å². The van der Waals surface area contributed by atoms with Crippen molar-refractivity contribution in [3.05, 3.63) is 101 Å². The zero-order valence-corrected chi connectivity index (χ0v) is 20.9. The number of hydrogen-bond acceptors (Lipinski definition) is 8. The van der Waals surface area contributed by atoms with Gasteiger partial charge in [0.2, 0.25) is 0 Å². The summed E-state index contributed by atoms with van der Waals surface area (Å²) >= 11 is 2.66. The first kappa shape index (κ1) is 23.7. The van der Waals surface area contributed by atoms with E-state index in [0.717, 1.165) is 4.88 Å². The second kappa shape index (κ2) is 9.56. The molecule has 182 valence electrons. The molecule has 5 rings (SSSR count). The number of carbonyl (C=O) groups is 2. The molecule has 1 aliphatic rings. The number of ether oxygens (including phenoxy) is 1. The lowest BCUT2D eigenvalue weighted by atomic mass is 10.0. The second-order valence-electron chi connectivity index (χ2n) is 7.91. The molecule has 4 aromatic rings. The minimum atomic E-state index is -1.03. The predicted octanol–water partition coefficient (Wildman–Crippen LogP) is 3.82. The SMILES string of the molecule is CCOC(=O)C1=C(C)N=c2s/c(=C\c3ccc(-c4cccc(C(=O)O)c4)o3)c(=O)n2[C@H]1c1cccs1. The first-order valence-electron chi connectivity index (χ1n) is 11.0. The van der Waals surface area contributed by atoms with Crippen LogP contribution in [0.2, 0.25) is 0 Å². The lowest BCUT2D eigenvalue weighted by Gasteiger charge is -2.23. The Morgan fingerprint density at radius 1 is 1.22 bits per heavy atom. The van der Waals surface area contributed by atoms with Crippen LogP contribution in [0.25, 0.3) is 17.4 Å². The summed E-state index contributed by atoms with van der Waals surface area (Å²) in [6, 6.07) is 13.0. The van der Waals surface area contributed by atoms with Crippen molar-refractivity contribution in [2.45, 2.75) is 19.9 Å². The van der Waals surface area contributed by atoms with Crippen molar-refractivity contribution in [2.24, 2.45) is 4.99 Å². The van der Waals surface area contributed by atoms with Gasteiger partial charge in [-0.25, -0.2) is 14.6 Å². The van der Waals surface area contributed by atoms with Crippen LogP contribution in [0.4, 0.5) is 0 Å². The van der Waals surface area contributed by atoms with Crippen LogP contribution < -0.4 is 14.9 Å². The Kier molecular flexibility index (Phi) is 6.29. The molecule has 0 spiro atoms. The molecule has 1 aliphatic heterocycles. The molecule has 8 nitrogen and oxygen atoms in total. The van der Waals surface area contributed by atoms with Crippen molar-refractivity contribution >= 4 is 40.7 Å². The van der Waals surface area contributed by atoms with Gasteiger partial charge in [0, 0.05) is 16.5 Å². The molecule has 36 heavy (non-hydrogen) atoms. The highest BCUT2D eigenvalue weighted by Gasteiger charge is 2.33. The van der Waals surface area contributed by atoms with Crippen molar-refractivity contribution in [2.75, 3.05) is 6.61 Å². The fourth-order valence-corrected chi connectivity index (χ4v) is 5.88. The summed E-state index contributed by atoms with van der Waals surface area (Å²) in [6.45, 7) is 3.69. The molecule has 4 heterocycles. The van der Waals surface area contributed by atoms with E-state index < -0.39 is 18.0 Å². The van der Waals surface area contributed by atoms with Crippen LogP contribution >= 0.6 is 22.7 Å². The summed E-state index contributed by atoms with van der Waals surface area (Å²) in [5.74, 6) is -0.604. The van der Waals surface area contributed by atoms with E-state index in [-0.39, 0.29) is 17.7 Å². The Morgan fingerprint density at radius 2 is 2.06 bits per heavy atom. The molecule has 0 saturated carbocycles. The quantitative estimate of drug-likeness (QED) is 0.387. The maximum Gasteiger partial charge on any atom is 0.338 e. The third-order valence-electron chi connectivity index (χ3n) is 5.62. The smallest absolute Gasteiger partial charge is 0.338 e. The van der Waals surface area contributed by atoms with Gasteiger partial charge < -0.3 is 14.3 Å². The van der Waals surface area contributed by atoms with Crippen molar-refractivity contribution in [3.63, 3.8) is 0 Å². The molecule has 3 aromatic heterocycles. The zero-order valence-electron chi connectivity index (χ0n) is 19.3. The Hall–Kier alpha value is -4.02. The molecule has 0 amide bonds. The predicted molar refractivity (Wildman–Crippen MR) is 136 cm³/mol. The number of carboxylic acids is 1. The number of thiazole rings is 1. The molecule has 1 atom stereocenters. The monoisotopic (exact) mass is 520 g/mol. The lowest BCUT2D eigenvalue weighted by molar-refractivity contribution is -0.139. The highest BCUT2D eigenvalue weighted by molar-refractivity contribution is 7.10. The first-order chi connectivity index (χ1) is 17.4. The maximum absolute atomic E-state index is 13.6. The van der Waals surface area contributed by atoms with Crippen LogP contribution in [0, 0.1) is 0 Å². The number of carboxylic acid groups (broad SMARTS) is 1. The Bertz CT molecular complexity index is 1690. The van der Waals surface area contributed by atoms with Gasteiger partial charge in [0.15, 0.2) is 4.80 Å². The Labute approximate surface area is 212 Å². The summed E-state index contributed by atoms with van der Waals surface area (Å²) in [7, 11) is 0. The number of carbonyl (C=O) groups excluding carboxylic acids is 1. The van der Waals surface area contributed by atoms with E-state index in [1.807, 2.05) is 17.5 Å². The third kappa shape index (κ3) is 4.25. The van der Waals surface area contributed by atoms with Crippen LogP contribution in [0.1, 0.15) is 40.9 Å². The average molecular weight is 521 g/mol.